The molecule has 0 aromatic heterocycles. The molecule has 0 bridgehead atoms. The lowest BCUT2D eigenvalue weighted by molar-refractivity contribution is -0.0306. The largest absolute Gasteiger partial charge is 0.379 e. The molecule has 1 atom stereocenters. The van der Waals surface area contributed by atoms with Crippen LogP contribution >= 0.6 is 0 Å². The van der Waals surface area contributed by atoms with Crippen LogP contribution in [0.4, 0.5) is 4.39 Å². The minimum atomic E-state index is -0.136. The van der Waals surface area contributed by atoms with E-state index in [0.717, 1.165) is 44.7 Å². The second-order valence-electron chi connectivity index (χ2n) is 6.31. The molecule has 21 heavy (non-hydrogen) atoms. The highest BCUT2D eigenvalue weighted by atomic mass is 19.1. The number of benzene rings is 1. The summed E-state index contributed by atoms with van der Waals surface area (Å²) < 4.78 is 19.4. The van der Waals surface area contributed by atoms with Gasteiger partial charge in [-0.1, -0.05) is 31.0 Å². The number of morpholine rings is 1. The van der Waals surface area contributed by atoms with Crippen molar-refractivity contribution in [2.75, 3.05) is 26.3 Å². The Balaban J connectivity index is 1.78. The van der Waals surface area contributed by atoms with Gasteiger partial charge in [0.1, 0.15) is 5.82 Å². The first-order chi connectivity index (χ1) is 10.2. The molecule has 1 aliphatic carbocycles. The Kier molecular flexibility index (Phi) is 4.57. The first-order valence-electron chi connectivity index (χ1n) is 8.04. The van der Waals surface area contributed by atoms with E-state index in [1.165, 1.54) is 18.9 Å². The average Bonchev–Trinajstić information content (AvgIpc) is 3.01. The van der Waals surface area contributed by atoms with Gasteiger partial charge < -0.3 is 10.5 Å². The van der Waals surface area contributed by atoms with Crippen LogP contribution in [0.1, 0.15) is 31.2 Å². The van der Waals surface area contributed by atoms with Crippen molar-refractivity contribution in [1.82, 2.24) is 4.90 Å². The third-order valence-corrected chi connectivity index (χ3v) is 5.20. The van der Waals surface area contributed by atoms with Crippen molar-refractivity contribution in [3.05, 3.63) is 35.6 Å². The van der Waals surface area contributed by atoms with Crippen molar-refractivity contribution in [2.45, 2.75) is 43.7 Å². The van der Waals surface area contributed by atoms with Gasteiger partial charge in [-0.2, -0.15) is 0 Å². The molecule has 1 aromatic rings. The molecule has 0 radical (unpaired) electrons. The van der Waals surface area contributed by atoms with E-state index < -0.39 is 0 Å². The summed E-state index contributed by atoms with van der Waals surface area (Å²) in [4.78, 5) is 2.51. The molecule has 1 aromatic carbocycles. The lowest BCUT2D eigenvalue weighted by Gasteiger charge is -2.47. The predicted octanol–water partition coefficient (Wildman–Crippen LogP) is 2.34. The number of nitrogens with zero attached hydrogens (tertiary/aromatic N) is 1. The topological polar surface area (TPSA) is 38.5 Å². The minimum absolute atomic E-state index is 0.0185. The molecule has 1 unspecified atom stereocenters. The normalized spacial score (nSPS) is 24.1. The van der Waals surface area contributed by atoms with Crippen molar-refractivity contribution < 1.29 is 9.13 Å². The van der Waals surface area contributed by atoms with Gasteiger partial charge in [-0.25, -0.2) is 4.39 Å². The Labute approximate surface area is 126 Å². The lowest BCUT2D eigenvalue weighted by atomic mass is 9.82. The van der Waals surface area contributed by atoms with Crippen LogP contribution in [0.3, 0.4) is 0 Å². The van der Waals surface area contributed by atoms with Gasteiger partial charge >= 0.3 is 0 Å². The highest BCUT2D eigenvalue weighted by Crippen LogP contribution is 2.39. The van der Waals surface area contributed by atoms with Gasteiger partial charge in [0.15, 0.2) is 0 Å². The van der Waals surface area contributed by atoms with E-state index in [4.69, 9.17) is 10.5 Å². The third-order valence-electron chi connectivity index (χ3n) is 5.20. The monoisotopic (exact) mass is 292 g/mol. The zero-order valence-electron chi connectivity index (χ0n) is 12.6. The van der Waals surface area contributed by atoms with E-state index in [-0.39, 0.29) is 17.4 Å². The fourth-order valence-corrected chi connectivity index (χ4v) is 4.01. The third kappa shape index (κ3) is 2.98. The van der Waals surface area contributed by atoms with Crippen molar-refractivity contribution in [2.24, 2.45) is 5.73 Å². The smallest absolute Gasteiger partial charge is 0.126 e. The van der Waals surface area contributed by atoms with Gasteiger partial charge in [0.05, 0.1) is 13.2 Å². The fourth-order valence-electron chi connectivity index (χ4n) is 4.01. The Hall–Kier alpha value is -0.970. The van der Waals surface area contributed by atoms with Crippen molar-refractivity contribution in [3.8, 4) is 0 Å². The molecular formula is C17H25FN2O. The first-order valence-corrected chi connectivity index (χ1v) is 8.04. The number of halogens is 1. The van der Waals surface area contributed by atoms with Crippen LogP contribution in [-0.4, -0.2) is 42.8 Å². The standard InChI is InChI=1S/C17H25FN2O/c18-15-6-2-1-5-14(15)13-16(19)17(7-3-4-8-17)20-9-11-21-12-10-20/h1-2,5-6,16H,3-4,7-13,19H2. The Morgan fingerprint density at radius 2 is 1.86 bits per heavy atom. The summed E-state index contributed by atoms with van der Waals surface area (Å²) in [5.74, 6) is -0.136. The van der Waals surface area contributed by atoms with Crippen LogP contribution in [0.5, 0.6) is 0 Å². The molecule has 2 N–H and O–H groups in total. The minimum Gasteiger partial charge on any atom is -0.379 e. The van der Waals surface area contributed by atoms with Crippen LogP contribution in [-0.2, 0) is 11.2 Å². The van der Waals surface area contributed by atoms with E-state index >= 15 is 0 Å². The van der Waals surface area contributed by atoms with Crippen LogP contribution in [0.2, 0.25) is 0 Å². The maximum atomic E-state index is 13.9. The number of nitrogens with two attached hydrogens (primary N) is 1. The SMILES string of the molecule is NC(Cc1ccccc1F)C1(N2CCOCC2)CCCC1. The zero-order valence-corrected chi connectivity index (χ0v) is 12.6. The molecule has 3 nitrogen and oxygen atoms in total. The van der Waals surface area contributed by atoms with Gasteiger partial charge in [-0.15, -0.1) is 0 Å². The van der Waals surface area contributed by atoms with Crippen LogP contribution in [0.15, 0.2) is 24.3 Å². The first kappa shape index (κ1) is 14.9. The molecule has 116 valence electrons. The summed E-state index contributed by atoms with van der Waals surface area (Å²) in [5.41, 5.74) is 7.37. The highest BCUT2D eigenvalue weighted by Gasteiger charge is 2.44. The van der Waals surface area contributed by atoms with Gasteiger partial charge in [0.25, 0.3) is 0 Å². The van der Waals surface area contributed by atoms with Crippen LogP contribution < -0.4 is 5.73 Å². The number of rotatable bonds is 4. The fraction of sp³-hybridized carbons (Fsp3) is 0.647. The summed E-state index contributed by atoms with van der Waals surface area (Å²) >= 11 is 0. The van der Waals surface area contributed by atoms with Gasteiger partial charge in [-0.05, 0) is 30.9 Å². The van der Waals surface area contributed by atoms with Crippen molar-refractivity contribution in [1.29, 1.82) is 0 Å². The molecule has 3 rings (SSSR count). The summed E-state index contributed by atoms with van der Waals surface area (Å²) in [6, 6.07) is 6.99. The molecule has 1 heterocycles. The predicted molar refractivity (Wildman–Crippen MR) is 81.7 cm³/mol. The average molecular weight is 292 g/mol. The second-order valence-corrected chi connectivity index (χ2v) is 6.31. The zero-order chi connectivity index (χ0) is 14.7. The van der Waals surface area contributed by atoms with Crippen LogP contribution in [0, 0.1) is 5.82 Å². The molecule has 1 saturated heterocycles. The van der Waals surface area contributed by atoms with E-state index in [0.29, 0.717) is 6.42 Å². The van der Waals surface area contributed by atoms with Gasteiger partial charge in [-0.3, -0.25) is 4.90 Å². The maximum absolute atomic E-state index is 13.9. The summed E-state index contributed by atoms with van der Waals surface area (Å²) in [5, 5.41) is 0. The van der Waals surface area contributed by atoms with Crippen molar-refractivity contribution >= 4 is 0 Å². The summed E-state index contributed by atoms with van der Waals surface area (Å²) in [7, 11) is 0. The molecular weight excluding hydrogens is 267 g/mol. The molecule has 4 heteroatoms. The molecule has 0 amide bonds. The summed E-state index contributed by atoms with van der Waals surface area (Å²) in [6.45, 7) is 3.47. The lowest BCUT2D eigenvalue weighted by Crippen LogP contribution is -2.61. The quantitative estimate of drug-likeness (QED) is 0.926. The maximum Gasteiger partial charge on any atom is 0.126 e. The van der Waals surface area contributed by atoms with E-state index in [1.54, 1.807) is 6.07 Å². The molecule has 2 fully saturated rings. The highest BCUT2D eigenvalue weighted by molar-refractivity contribution is 5.20. The molecule has 1 aliphatic heterocycles. The van der Waals surface area contributed by atoms with Crippen LogP contribution in [0.25, 0.3) is 0 Å². The number of hydrogen-bond donors (Lipinski definition) is 1. The van der Waals surface area contributed by atoms with E-state index in [2.05, 4.69) is 4.90 Å². The van der Waals surface area contributed by atoms with E-state index in [1.807, 2.05) is 12.1 Å². The van der Waals surface area contributed by atoms with Crippen molar-refractivity contribution in [3.63, 3.8) is 0 Å². The van der Waals surface area contributed by atoms with Gasteiger partial charge in [0.2, 0.25) is 0 Å². The Morgan fingerprint density at radius 1 is 1.19 bits per heavy atom. The summed E-state index contributed by atoms with van der Waals surface area (Å²) in [6.07, 6.45) is 5.32. The Bertz CT molecular complexity index is 468. The molecule has 0 spiro atoms. The Morgan fingerprint density at radius 3 is 2.52 bits per heavy atom. The molecule has 2 aliphatic rings. The second kappa shape index (κ2) is 6.42. The molecule has 1 saturated carbocycles. The van der Waals surface area contributed by atoms with E-state index in [9.17, 15) is 4.39 Å². The number of hydrogen-bond acceptors (Lipinski definition) is 3. The number of ether oxygens (including phenoxy) is 1. The van der Waals surface area contributed by atoms with Gasteiger partial charge in [0, 0.05) is 24.7 Å².